The molecule has 0 atom stereocenters. The molecule has 0 saturated heterocycles. The zero-order chi connectivity index (χ0) is 14.4. The van der Waals surface area contributed by atoms with Crippen molar-refractivity contribution in [1.82, 2.24) is 9.78 Å². The van der Waals surface area contributed by atoms with Crippen LogP contribution in [0.2, 0.25) is 0 Å². The van der Waals surface area contributed by atoms with Crippen molar-refractivity contribution in [1.29, 1.82) is 0 Å². The highest BCUT2D eigenvalue weighted by molar-refractivity contribution is 5.46. The number of aryl methyl sites for hydroxylation is 1. The van der Waals surface area contributed by atoms with E-state index in [0.29, 0.717) is 0 Å². The lowest BCUT2D eigenvalue weighted by molar-refractivity contribution is -0.138. The third-order valence-electron chi connectivity index (χ3n) is 3.18. The summed E-state index contributed by atoms with van der Waals surface area (Å²) < 4.78 is 39.7. The van der Waals surface area contributed by atoms with Crippen LogP contribution in [0.1, 0.15) is 22.5 Å². The summed E-state index contributed by atoms with van der Waals surface area (Å²) in [5, 5.41) is 13.5. The number of phenols is 1. The van der Waals surface area contributed by atoms with Crippen LogP contribution in [0.4, 0.5) is 13.2 Å². The highest BCUT2D eigenvalue weighted by Gasteiger charge is 2.34. The molecule has 0 amide bonds. The first-order valence-electron chi connectivity index (χ1n) is 5.65. The number of aromatic hydroxyl groups is 1. The number of rotatable bonds is 1. The topological polar surface area (TPSA) is 38.0 Å². The molecular formula is C13H13F3N2O. The molecule has 19 heavy (non-hydrogen) atoms. The Labute approximate surface area is 108 Å². The number of nitrogens with zero attached hydrogens (tertiary/aromatic N) is 2. The van der Waals surface area contributed by atoms with Crippen molar-refractivity contribution >= 4 is 0 Å². The minimum Gasteiger partial charge on any atom is -0.507 e. The maximum atomic E-state index is 12.7. The molecule has 6 heteroatoms. The SMILES string of the molecule is Cc1nn(-c2ccc(O)c(C(F)(F)F)c2)c(C)c1C. The molecule has 1 aromatic heterocycles. The average Bonchev–Trinajstić information content (AvgIpc) is 2.56. The van der Waals surface area contributed by atoms with Crippen LogP contribution in [0.5, 0.6) is 5.75 Å². The Balaban J connectivity index is 2.61. The third-order valence-corrected chi connectivity index (χ3v) is 3.18. The smallest absolute Gasteiger partial charge is 0.420 e. The average molecular weight is 270 g/mol. The molecular weight excluding hydrogens is 257 g/mol. The molecule has 0 spiro atoms. The van der Waals surface area contributed by atoms with Gasteiger partial charge in [0, 0.05) is 5.69 Å². The van der Waals surface area contributed by atoms with E-state index >= 15 is 0 Å². The Morgan fingerprint density at radius 3 is 2.26 bits per heavy atom. The van der Waals surface area contributed by atoms with E-state index < -0.39 is 17.5 Å². The fourth-order valence-corrected chi connectivity index (χ4v) is 1.85. The molecule has 1 N–H and O–H groups in total. The van der Waals surface area contributed by atoms with E-state index in [9.17, 15) is 18.3 Å². The van der Waals surface area contributed by atoms with Gasteiger partial charge in [0.1, 0.15) is 5.75 Å². The third kappa shape index (κ3) is 2.30. The maximum Gasteiger partial charge on any atom is 0.420 e. The number of phenolic OH excluding ortho intramolecular Hbond substituents is 1. The number of halogens is 3. The summed E-state index contributed by atoms with van der Waals surface area (Å²) in [6, 6.07) is 3.33. The molecule has 0 bridgehead atoms. The standard InChI is InChI=1S/C13H13F3N2O/c1-7-8(2)17-18(9(7)3)10-4-5-12(19)11(6-10)13(14,15)16/h4-6,19H,1-3H3. The van der Waals surface area contributed by atoms with Gasteiger partial charge in [-0.15, -0.1) is 0 Å². The van der Waals surface area contributed by atoms with Gasteiger partial charge < -0.3 is 5.11 Å². The summed E-state index contributed by atoms with van der Waals surface area (Å²) in [5.41, 5.74) is 1.69. The summed E-state index contributed by atoms with van der Waals surface area (Å²) in [4.78, 5) is 0. The molecule has 0 fully saturated rings. The van der Waals surface area contributed by atoms with Gasteiger partial charge >= 0.3 is 6.18 Å². The first-order valence-corrected chi connectivity index (χ1v) is 5.65. The zero-order valence-corrected chi connectivity index (χ0v) is 10.7. The van der Waals surface area contributed by atoms with Crippen LogP contribution in [-0.4, -0.2) is 14.9 Å². The van der Waals surface area contributed by atoms with Crippen LogP contribution in [-0.2, 0) is 6.18 Å². The zero-order valence-electron chi connectivity index (χ0n) is 10.7. The highest BCUT2D eigenvalue weighted by atomic mass is 19.4. The van der Waals surface area contributed by atoms with E-state index in [1.54, 1.807) is 13.8 Å². The molecule has 0 unspecified atom stereocenters. The summed E-state index contributed by atoms with van der Waals surface area (Å²) in [7, 11) is 0. The van der Waals surface area contributed by atoms with Crippen LogP contribution in [0.3, 0.4) is 0 Å². The first-order chi connectivity index (χ1) is 8.71. The van der Waals surface area contributed by atoms with Gasteiger partial charge in [0.2, 0.25) is 0 Å². The van der Waals surface area contributed by atoms with E-state index in [4.69, 9.17) is 0 Å². The molecule has 1 heterocycles. The van der Waals surface area contributed by atoms with E-state index in [-0.39, 0.29) is 5.69 Å². The second-order valence-electron chi connectivity index (χ2n) is 4.41. The number of alkyl halides is 3. The number of hydrogen-bond acceptors (Lipinski definition) is 2. The van der Waals surface area contributed by atoms with Crippen LogP contribution in [0, 0.1) is 20.8 Å². The summed E-state index contributed by atoms with van der Waals surface area (Å²) in [6.45, 7) is 5.44. The minimum absolute atomic E-state index is 0.277. The van der Waals surface area contributed by atoms with Crippen LogP contribution >= 0.6 is 0 Å². The summed E-state index contributed by atoms with van der Waals surface area (Å²) >= 11 is 0. The lowest BCUT2D eigenvalue weighted by atomic mass is 10.1. The summed E-state index contributed by atoms with van der Waals surface area (Å²) in [5.74, 6) is -0.783. The van der Waals surface area contributed by atoms with Gasteiger partial charge in [0.05, 0.1) is 16.9 Å². The Kier molecular flexibility index (Phi) is 3.04. The molecule has 0 aliphatic heterocycles. The molecule has 2 rings (SSSR count). The van der Waals surface area contributed by atoms with Gasteiger partial charge in [-0.25, -0.2) is 4.68 Å². The predicted molar refractivity (Wildman–Crippen MR) is 64.4 cm³/mol. The van der Waals surface area contributed by atoms with E-state index in [0.717, 1.165) is 29.1 Å². The van der Waals surface area contributed by atoms with Gasteiger partial charge in [-0.1, -0.05) is 0 Å². The molecule has 0 aliphatic rings. The fourth-order valence-electron chi connectivity index (χ4n) is 1.85. The molecule has 1 aromatic carbocycles. The van der Waals surface area contributed by atoms with Crippen LogP contribution < -0.4 is 0 Å². The molecule has 0 aliphatic carbocycles. The van der Waals surface area contributed by atoms with Gasteiger partial charge in [-0.3, -0.25) is 0 Å². The number of benzene rings is 1. The normalized spacial score (nSPS) is 11.9. The van der Waals surface area contributed by atoms with Crippen molar-refractivity contribution in [3.63, 3.8) is 0 Å². The van der Waals surface area contributed by atoms with Crippen molar-refractivity contribution < 1.29 is 18.3 Å². The van der Waals surface area contributed by atoms with Crippen LogP contribution in [0.25, 0.3) is 5.69 Å². The second-order valence-corrected chi connectivity index (χ2v) is 4.41. The van der Waals surface area contributed by atoms with Gasteiger partial charge in [0.15, 0.2) is 0 Å². The minimum atomic E-state index is -4.59. The Bertz CT molecular complexity index is 630. The van der Waals surface area contributed by atoms with Gasteiger partial charge in [0.25, 0.3) is 0 Å². The number of aromatic nitrogens is 2. The van der Waals surface area contributed by atoms with Gasteiger partial charge in [-0.2, -0.15) is 18.3 Å². The fraction of sp³-hybridized carbons (Fsp3) is 0.308. The quantitative estimate of drug-likeness (QED) is 0.861. The van der Waals surface area contributed by atoms with E-state index in [2.05, 4.69) is 5.10 Å². The maximum absolute atomic E-state index is 12.7. The Hall–Kier alpha value is -1.98. The highest BCUT2D eigenvalue weighted by Crippen LogP contribution is 2.36. The van der Waals surface area contributed by atoms with E-state index in [1.165, 1.54) is 10.7 Å². The van der Waals surface area contributed by atoms with Crippen molar-refractivity contribution in [2.24, 2.45) is 0 Å². The number of hydrogen-bond donors (Lipinski definition) is 1. The Morgan fingerprint density at radius 2 is 1.79 bits per heavy atom. The Morgan fingerprint density at radius 1 is 1.16 bits per heavy atom. The summed E-state index contributed by atoms with van der Waals surface area (Å²) in [6.07, 6.45) is -4.59. The first kappa shape index (κ1) is 13.5. The molecule has 3 nitrogen and oxygen atoms in total. The van der Waals surface area contributed by atoms with Crippen molar-refractivity contribution in [2.45, 2.75) is 26.9 Å². The molecule has 0 saturated carbocycles. The van der Waals surface area contributed by atoms with E-state index in [1.807, 2.05) is 6.92 Å². The molecule has 0 radical (unpaired) electrons. The molecule has 102 valence electrons. The molecule has 2 aromatic rings. The lowest BCUT2D eigenvalue weighted by Gasteiger charge is -2.11. The van der Waals surface area contributed by atoms with Crippen molar-refractivity contribution in [3.05, 3.63) is 40.7 Å². The largest absolute Gasteiger partial charge is 0.507 e. The van der Waals surface area contributed by atoms with Crippen molar-refractivity contribution in [3.8, 4) is 11.4 Å². The van der Waals surface area contributed by atoms with Gasteiger partial charge in [-0.05, 0) is 44.5 Å². The van der Waals surface area contributed by atoms with Crippen LogP contribution in [0.15, 0.2) is 18.2 Å². The predicted octanol–water partition coefficient (Wildman–Crippen LogP) is 3.52. The lowest BCUT2D eigenvalue weighted by Crippen LogP contribution is -2.08. The second kappa shape index (κ2) is 4.29. The van der Waals surface area contributed by atoms with Crippen molar-refractivity contribution in [2.75, 3.05) is 0 Å². The monoisotopic (exact) mass is 270 g/mol.